The molecule has 19 heavy (non-hydrogen) atoms. The molecule has 0 bridgehead atoms. The Balaban J connectivity index is 0.00000180. The number of halogens is 2. The molecule has 0 unspecified atom stereocenters. The van der Waals surface area contributed by atoms with Crippen LogP contribution in [0.4, 0.5) is 4.39 Å². The highest BCUT2D eigenvalue weighted by atomic mass is 35.5. The Bertz CT molecular complexity index is 381. The minimum absolute atomic E-state index is 0. The van der Waals surface area contributed by atoms with Gasteiger partial charge in [0.15, 0.2) is 0 Å². The van der Waals surface area contributed by atoms with Crippen molar-refractivity contribution in [2.75, 3.05) is 0 Å². The summed E-state index contributed by atoms with van der Waals surface area (Å²) in [6, 6.07) is 6.62. The molecule has 1 aliphatic rings. The van der Waals surface area contributed by atoms with Crippen LogP contribution in [-0.4, -0.2) is 5.11 Å². The summed E-state index contributed by atoms with van der Waals surface area (Å²) < 4.78 is 13.7. The summed E-state index contributed by atoms with van der Waals surface area (Å²) in [6.45, 7) is 2.21. The van der Waals surface area contributed by atoms with Crippen LogP contribution in [0.2, 0.25) is 0 Å². The van der Waals surface area contributed by atoms with Gasteiger partial charge in [-0.3, -0.25) is 0 Å². The molecule has 108 valence electrons. The first-order valence-electron chi connectivity index (χ1n) is 7.14. The molecule has 1 aromatic rings. The average Bonchev–Trinajstić information content (AvgIpc) is 2.39. The van der Waals surface area contributed by atoms with Crippen LogP contribution in [0.5, 0.6) is 0 Å². The molecule has 0 amide bonds. The third-order valence-electron chi connectivity index (χ3n) is 4.19. The van der Waals surface area contributed by atoms with E-state index in [0.29, 0.717) is 5.56 Å². The van der Waals surface area contributed by atoms with E-state index < -0.39 is 6.10 Å². The van der Waals surface area contributed by atoms with E-state index in [9.17, 15) is 9.50 Å². The van der Waals surface area contributed by atoms with Crippen LogP contribution >= 0.6 is 12.4 Å². The lowest BCUT2D eigenvalue weighted by atomic mass is 9.75. The van der Waals surface area contributed by atoms with Gasteiger partial charge >= 0.3 is 0 Å². The van der Waals surface area contributed by atoms with Crippen molar-refractivity contribution in [3.63, 3.8) is 0 Å². The second-order valence-electron chi connectivity index (χ2n) is 5.55. The van der Waals surface area contributed by atoms with Gasteiger partial charge in [-0.15, -0.1) is 12.4 Å². The zero-order chi connectivity index (χ0) is 13.0. The smallest absolute Gasteiger partial charge is 0.129 e. The first-order chi connectivity index (χ1) is 8.72. The van der Waals surface area contributed by atoms with Crippen LogP contribution < -0.4 is 0 Å². The molecular formula is C16H24ClFO. The van der Waals surface area contributed by atoms with Gasteiger partial charge < -0.3 is 5.11 Å². The Labute approximate surface area is 121 Å². The molecule has 1 fully saturated rings. The predicted octanol–water partition coefficient (Wildman–Crippen LogP) is 4.89. The molecule has 3 heteroatoms. The van der Waals surface area contributed by atoms with Crippen molar-refractivity contribution in [1.82, 2.24) is 0 Å². The number of benzene rings is 1. The van der Waals surface area contributed by atoms with Gasteiger partial charge in [0.05, 0.1) is 6.10 Å². The van der Waals surface area contributed by atoms with Crippen LogP contribution in [-0.2, 0) is 0 Å². The molecule has 1 nitrogen and oxygen atoms in total. The lowest BCUT2D eigenvalue weighted by Crippen LogP contribution is -2.22. The van der Waals surface area contributed by atoms with Crippen molar-refractivity contribution in [2.45, 2.75) is 51.6 Å². The van der Waals surface area contributed by atoms with Crippen molar-refractivity contribution in [2.24, 2.45) is 11.8 Å². The number of hydrogen-bond acceptors (Lipinski definition) is 1. The second kappa shape index (κ2) is 7.86. The van der Waals surface area contributed by atoms with E-state index in [-0.39, 0.29) is 24.1 Å². The molecule has 0 spiro atoms. The van der Waals surface area contributed by atoms with Crippen molar-refractivity contribution in [1.29, 1.82) is 0 Å². The van der Waals surface area contributed by atoms with E-state index in [2.05, 4.69) is 6.92 Å². The van der Waals surface area contributed by atoms with Crippen molar-refractivity contribution < 1.29 is 9.50 Å². The lowest BCUT2D eigenvalue weighted by molar-refractivity contribution is 0.0640. The summed E-state index contributed by atoms with van der Waals surface area (Å²) in [5, 5.41) is 10.4. The first-order valence-corrected chi connectivity index (χ1v) is 7.14. The van der Waals surface area contributed by atoms with Gasteiger partial charge in [0.1, 0.15) is 5.82 Å². The summed E-state index contributed by atoms with van der Waals surface area (Å²) in [5.74, 6) is 0.671. The van der Waals surface area contributed by atoms with Gasteiger partial charge in [0, 0.05) is 5.56 Å². The largest absolute Gasteiger partial charge is 0.388 e. The summed E-state index contributed by atoms with van der Waals surface area (Å²) in [6.07, 6.45) is 6.31. The highest BCUT2D eigenvalue weighted by Crippen LogP contribution is 2.39. The fraction of sp³-hybridized carbons (Fsp3) is 0.625. The Morgan fingerprint density at radius 3 is 2.74 bits per heavy atom. The third-order valence-corrected chi connectivity index (χ3v) is 4.19. The van der Waals surface area contributed by atoms with E-state index >= 15 is 0 Å². The summed E-state index contributed by atoms with van der Waals surface area (Å²) in [7, 11) is 0. The van der Waals surface area contributed by atoms with Crippen molar-refractivity contribution >= 4 is 12.4 Å². The maximum absolute atomic E-state index is 13.7. The molecule has 0 aliphatic heterocycles. The van der Waals surface area contributed by atoms with E-state index in [1.807, 2.05) is 0 Å². The zero-order valence-corrected chi connectivity index (χ0v) is 12.3. The zero-order valence-electron chi connectivity index (χ0n) is 11.5. The number of rotatable bonds is 4. The van der Waals surface area contributed by atoms with E-state index in [1.54, 1.807) is 18.2 Å². The highest BCUT2D eigenvalue weighted by Gasteiger charge is 2.28. The molecule has 1 saturated carbocycles. The molecular weight excluding hydrogens is 263 g/mol. The molecule has 0 aromatic heterocycles. The van der Waals surface area contributed by atoms with E-state index in [1.165, 1.54) is 31.7 Å². The maximum atomic E-state index is 13.7. The SMILES string of the molecule is CCC[C@@H]1CCC[C@H]([C@@H](O)c2ccccc2F)C1.Cl. The quantitative estimate of drug-likeness (QED) is 0.836. The van der Waals surface area contributed by atoms with Gasteiger partial charge in [-0.2, -0.15) is 0 Å². The maximum Gasteiger partial charge on any atom is 0.129 e. The molecule has 1 aromatic carbocycles. The van der Waals surface area contributed by atoms with Crippen molar-refractivity contribution in [3.05, 3.63) is 35.6 Å². The van der Waals surface area contributed by atoms with Gasteiger partial charge in [0.25, 0.3) is 0 Å². The fourth-order valence-electron chi connectivity index (χ4n) is 3.26. The van der Waals surface area contributed by atoms with Gasteiger partial charge in [-0.1, -0.05) is 50.8 Å². The Kier molecular flexibility index (Phi) is 6.81. The van der Waals surface area contributed by atoms with Gasteiger partial charge in [0.2, 0.25) is 0 Å². The molecule has 0 radical (unpaired) electrons. The molecule has 1 aliphatic carbocycles. The van der Waals surface area contributed by atoms with Crippen LogP contribution in [0.25, 0.3) is 0 Å². The molecule has 3 atom stereocenters. The van der Waals surface area contributed by atoms with Crippen LogP contribution in [0, 0.1) is 17.7 Å². The molecule has 1 N–H and O–H groups in total. The second-order valence-corrected chi connectivity index (χ2v) is 5.55. The van der Waals surface area contributed by atoms with Crippen LogP contribution in [0.3, 0.4) is 0 Å². The van der Waals surface area contributed by atoms with Crippen molar-refractivity contribution in [3.8, 4) is 0 Å². The number of aliphatic hydroxyl groups is 1. The highest BCUT2D eigenvalue weighted by molar-refractivity contribution is 5.85. The van der Waals surface area contributed by atoms with Gasteiger partial charge in [-0.05, 0) is 30.7 Å². The fourth-order valence-corrected chi connectivity index (χ4v) is 3.26. The monoisotopic (exact) mass is 286 g/mol. The minimum atomic E-state index is -0.633. The number of aliphatic hydroxyl groups excluding tert-OH is 1. The van der Waals surface area contributed by atoms with Crippen LogP contribution in [0.15, 0.2) is 24.3 Å². The lowest BCUT2D eigenvalue weighted by Gasteiger charge is -2.32. The molecule has 0 heterocycles. The third kappa shape index (κ3) is 4.19. The molecule has 2 rings (SSSR count). The summed E-state index contributed by atoms with van der Waals surface area (Å²) in [5.41, 5.74) is 0.472. The Hall–Kier alpha value is -0.600. The van der Waals surface area contributed by atoms with E-state index in [0.717, 1.165) is 18.8 Å². The Morgan fingerprint density at radius 1 is 1.32 bits per heavy atom. The summed E-state index contributed by atoms with van der Waals surface area (Å²) >= 11 is 0. The van der Waals surface area contributed by atoms with Gasteiger partial charge in [-0.25, -0.2) is 4.39 Å². The molecule has 0 saturated heterocycles. The summed E-state index contributed by atoms with van der Waals surface area (Å²) in [4.78, 5) is 0. The number of hydrogen-bond donors (Lipinski definition) is 1. The first kappa shape index (κ1) is 16.5. The predicted molar refractivity (Wildman–Crippen MR) is 79.0 cm³/mol. The average molecular weight is 287 g/mol. The van der Waals surface area contributed by atoms with E-state index in [4.69, 9.17) is 0 Å². The minimum Gasteiger partial charge on any atom is -0.388 e. The Morgan fingerprint density at radius 2 is 2.05 bits per heavy atom. The topological polar surface area (TPSA) is 20.2 Å². The normalized spacial score (nSPS) is 24.6. The standard InChI is InChI=1S/C16H23FO.ClH/c1-2-6-12-7-5-8-13(11-12)16(18)14-9-3-4-10-15(14)17;/h3-4,9-10,12-13,16,18H,2,5-8,11H2,1H3;1H/t12-,13+,16-;/m1./s1. The van der Waals surface area contributed by atoms with Crippen LogP contribution in [0.1, 0.15) is 57.1 Å².